The molecule has 148 valence electrons. The Kier molecular flexibility index (Phi) is 6.08. The monoisotopic (exact) mass is 377 g/mol. The minimum absolute atomic E-state index is 0.0491. The second kappa shape index (κ2) is 8.89. The van der Waals surface area contributed by atoms with Crippen LogP contribution in [0.5, 0.6) is 0 Å². The Morgan fingerprint density at radius 3 is 2.46 bits per heavy atom. The van der Waals surface area contributed by atoms with Gasteiger partial charge in [0.1, 0.15) is 0 Å². The van der Waals surface area contributed by atoms with Crippen LogP contribution in [0.3, 0.4) is 0 Å². The maximum Gasteiger partial charge on any atom is 0.251 e. The van der Waals surface area contributed by atoms with Gasteiger partial charge in [0, 0.05) is 24.2 Å². The van der Waals surface area contributed by atoms with Gasteiger partial charge in [-0.25, -0.2) is 0 Å². The average molecular weight is 378 g/mol. The molecule has 2 fully saturated rings. The topological polar surface area (TPSA) is 35.6 Å². The third-order valence-corrected chi connectivity index (χ3v) is 6.22. The van der Waals surface area contributed by atoms with Gasteiger partial charge in [0.05, 0.1) is 0 Å². The summed E-state index contributed by atoms with van der Waals surface area (Å²) in [7, 11) is 2.21. The van der Waals surface area contributed by atoms with Gasteiger partial charge in [-0.15, -0.1) is 0 Å². The standard InChI is InChI=1S/C24H31N3O/c1-26-15-12-23(13-16-26)27-14-6-11-22(18-27)25-24(28)21-10-5-9-20(17-21)19-7-3-2-4-8-19/h2-5,7-10,17,22-23H,6,11-16,18H2,1H3,(H,25,28). The van der Waals surface area contributed by atoms with Crippen molar-refractivity contribution in [2.75, 3.05) is 33.2 Å². The molecule has 4 rings (SSSR count). The zero-order valence-electron chi connectivity index (χ0n) is 16.8. The van der Waals surface area contributed by atoms with E-state index < -0.39 is 0 Å². The average Bonchev–Trinajstić information content (AvgIpc) is 2.75. The van der Waals surface area contributed by atoms with Gasteiger partial charge in [-0.1, -0.05) is 42.5 Å². The van der Waals surface area contributed by atoms with Crippen molar-refractivity contribution >= 4 is 5.91 Å². The lowest BCUT2D eigenvalue weighted by atomic mass is 9.97. The second-order valence-electron chi connectivity index (χ2n) is 8.29. The van der Waals surface area contributed by atoms with Crippen molar-refractivity contribution in [3.8, 4) is 11.1 Å². The minimum Gasteiger partial charge on any atom is -0.348 e. The number of piperidine rings is 2. The number of carbonyl (C=O) groups is 1. The molecule has 0 aliphatic carbocycles. The summed E-state index contributed by atoms with van der Waals surface area (Å²) in [4.78, 5) is 17.9. The molecule has 2 saturated heterocycles. The van der Waals surface area contributed by atoms with Crippen molar-refractivity contribution in [3.05, 3.63) is 60.2 Å². The van der Waals surface area contributed by atoms with Crippen molar-refractivity contribution in [1.29, 1.82) is 0 Å². The lowest BCUT2D eigenvalue weighted by Gasteiger charge is -2.41. The first-order valence-corrected chi connectivity index (χ1v) is 10.6. The molecule has 2 aromatic carbocycles. The molecular weight excluding hydrogens is 346 g/mol. The van der Waals surface area contributed by atoms with Crippen molar-refractivity contribution in [2.45, 2.75) is 37.8 Å². The number of hydrogen-bond donors (Lipinski definition) is 1. The Bertz CT molecular complexity index is 783. The normalized spacial score (nSPS) is 22.1. The van der Waals surface area contributed by atoms with Crippen molar-refractivity contribution in [2.24, 2.45) is 0 Å². The third-order valence-electron chi connectivity index (χ3n) is 6.22. The van der Waals surface area contributed by atoms with Gasteiger partial charge in [0.2, 0.25) is 0 Å². The molecule has 0 spiro atoms. The maximum atomic E-state index is 12.9. The molecule has 1 N–H and O–H groups in total. The molecule has 1 amide bonds. The Morgan fingerprint density at radius 1 is 0.929 bits per heavy atom. The lowest BCUT2D eigenvalue weighted by molar-refractivity contribution is 0.0766. The van der Waals surface area contributed by atoms with Crippen LogP contribution in [0.4, 0.5) is 0 Å². The highest BCUT2D eigenvalue weighted by atomic mass is 16.1. The summed E-state index contributed by atoms with van der Waals surface area (Å²) < 4.78 is 0. The number of hydrogen-bond acceptors (Lipinski definition) is 3. The highest BCUT2D eigenvalue weighted by Crippen LogP contribution is 2.22. The maximum absolute atomic E-state index is 12.9. The fraction of sp³-hybridized carbons (Fsp3) is 0.458. The number of nitrogens with zero attached hydrogens (tertiary/aromatic N) is 2. The van der Waals surface area contributed by atoms with Gasteiger partial charge in [-0.05, 0) is 75.6 Å². The van der Waals surface area contributed by atoms with E-state index in [1.165, 1.54) is 38.9 Å². The van der Waals surface area contributed by atoms with Crippen LogP contribution in [-0.4, -0.2) is 61.0 Å². The Morgan fingerprint density at radius 2 is 1.68 bits per heavy atom. The van der Waals surface area contributed by atoms with E-state index >= 15 is 0 Å². The molecule has 1 unspecified atom stereocenters. The van der Waals surface area contributed by atoms with Crippen molar-refractivity contribution < 1.29 is 4.79 Å². The minimum atomic E-state index is 0.0491. The first-order valence-electron chi connectivity index (χ1n) is 10.6. The summed E-state index contributed by atoms with van der Waals surface area (Å²) in [5, 5.41) is 3.30. The largest absolute Gasteiger partial charge is 0.348 e. The molecular formula is C24H31N3O. The number of carbonyl (C=O) groups excluding carboxylic acids is 1. The summed E-state index contributed by atoms with van der Waals surface area (Å²) in [6.45, 7) is 4.53. The molecule has 2 aliphatic rings. The van der Waals surface area contributed by atoms with Crippen LogP contribution in [0, 0.1) is 0 Å². The molecule has 4 nitrogen and oxygen atoms in total. The molecule has 2 aliphatic heterocycles. The van der Waals surface area contributed by atoms with Gasteiger partial charge in [-0.2, -0.15) is 0 Å². The summed E-state index contributed by atoms with van der Waals surface area (Å²) in [5.41, 5.74) is 2.98. The summed E-state index contributed by atoms with van der Waals surface area (Å²) in [6.07, 6.45) is 4.74. The number of rotatable bonds is 4. The van der Waals surface area contributed by atoms with Crippen LogP contribution < -0.4 is 5.32 Å². The fourth-order valence-electron chi connectivity index (χ4n) is 4.56. The van der Waals surface area contributed by atoms with Crippen LogP contribution in [0.15, 0.2) is 54.6 Å². The van der Waals surface area contributed by atoms with Crippen molar-refractivity contribution in [1.82, 2.24) is 15.1 Å². The lowest BCUT2D eigenvalue weighted by Crippen LogP contribution is -2.53. The molecule has 28 heavy (non-hydrogen) atoms. The first-order chi connectivity index (χ1) is 13.7. The predicted octanol–water partition coefficient (Wildman–Crippen LogP) is 3.64. The molecule has 0 bridgehead atoms. The van der Waals surface area contributed by atoms with Gasteiger partial charge in [0.15, 0.2) is 0 Å². The van der Waals surface area contributed by atoms with Crippen LogP contribution in [-0.2, 0) is 0 Å². The quantitative estimate of drug-likeness (QED) is 0.884. The number of nitrogens with one attached hydrogen (secondary N) is 1. The van der Waals surface area contributed by atoms with Crippen LogP contribution in [0.1, 0.15) is 36.0 Å². The number of amides is 1. The third kappa shape index (κ3) is 4.62. The Labute approximate surface area is 168 Å². The van der Waals surface area contributed by atoms with E-state index in [0.717, 1.165) is 29.7 Å². The molecule has 2 heterocycles. The van der Waals surface area contributed by atoms with Gasteiger partial charge >= 0.3 is 0 Å². The van der Waals surface area contributed by atoms with E-state index in [0.29, 0.717) is 6.04 Å². The molecule has 0 aromatic heterocycles. The number of benzene rings is 2. The summed E-state index contributed by atoms with van der Waals surface area (Å²) >= 11 is 0. The second-order valence-corrected chi connectivity index (χ2v) is 8.29. The first kappa shape index (κ1) is 19.2. The van der Waals surface area contributed by atoms with E-state index in [4.69, 9.17) is 0 Å². The van der Waals surface area contributed by atoms with E-state index in [2.05, 4.69) is 40.4 Å². The SMILES string of the molecule is CN1CCC(N2CCCC(NC(=O)c3cccc(-c4ccccc4)c3)C2)CC1. The Balaban J connectivity index is 1.38. The summed E-state index contributed by atoms with van der Waals surface area (Å²) in [5.74, 6) is 0.0491. The highest BCUT2D eigenvalue weighted by molar-refractivity contribution is 5.95. The van der Waals surface area contributed by atoms with E-state index in [-0.39, 0.29) is 11.9 Å². The molecule has 2 aromatic rings. The zero-order valence-corrected chi connectivity index (χ0v) is 16.8. The molecule has 4 heteroatoms. The van der Waals surface area contributed by atoms with Gasteiger partial charge in [-0.3, -0.25) is 9.69 Å². The zero-order chi connectivity index (χ0) is 19.3. The smallest absolute Gasteiger partial charge is 0.251 e. The molecule has 0 radical (unpaired) electrons. The van der Waals surface area contributed by atoms with E-state index in [1.807, 2.05) is 36.4 Å². The molecule has 0 saturated carbocycles. The van der Waals surface area contributed by atoms with Crippen LogP contribution in [0.2, 0.25) is 0 Å². The predicted molar refractivity (Wildman–Crippen MR) is 114 cm³/mol. The van der Waals surface area contributed by atoms with E-state index in [1.54, 1.807) is 0 Å². The van der Waals surface area contributed by atoms with E-state index in [9.17, 15) is 4.79 Å². The van der Waals surface area contributed by atoms with Crippen LogP contribution in [0.25, 0.3) is 11.1 Å². The summed E-state index contributed by atoms with van der Waals surface area (Å²) in [6, 6.07) is 19.1. The fourth-order valence-corrected chi connectivity index (χ4v) is 4.56. The number of likely N-dealkylation sites (tertiary alicyclic amines) is 2. The van der Waals surface area contributed by atoms with Crippen molar-refractivity contribution in [3.63, 3.8) is 0 Å². The van der Waals surface area contributed by atoms with Gasteiger partial charge in [0.25, 0.3) is 5.91 Å². The Hall–Kier alpha value is -2.17. The van der Waals surface area contributed by atoms with Crippen LogP contribution >= 0.6 is 0 Å². The van der Waals surface area contributed by atoms with Gasteiger partial charge < -0.3 is 10.2 Å². The highest BCUT2D eigenvalue weighted by Gasteiger charge is 2.28. The molecule has 1 atom stereocenters.